The number of hydrogen-bond acceptors (Lipinski definition) is 3. The molecule has 5 heteroatoms. The number of rotatable bonds is 4. The highest BCUT2D eigenvalue weighted by Gasteiger charge is 2.08. The van der Waals surface area contributed by atoms with Crippen LogP contribution in [-0.4, -0.2) is 11.5 Å². The molecule has 0 saturated carbocycles. The number of non-ortho nitro benzene ring substituents is 1. The van der Waals surface area contributed by atoms with E-state index in [1.165, 1.54) is 6.07 Å². The molecule has 0 aromatic heterocycles. The van der Waals surface area contributed by atoms with Crippen molar-refractivity contribution >= 4 is 21.6 Å². The van der Waals surface area contributed by atoms with Gasteiger partial charge < -0.3 is 5.32 Å². The Morgan fingerprint density at radius 2 is 2.29 bits per heavy atom. The summed E-state index contributed by atoms with van der Waals surface area (Å²) in [4.78, 5) is 10.1. The standard InChI is InChI=1S/C9H11BrN2O2/c1-2-11-6-7-5-8(12(13)14)3-4-9(7)10/h3-5,11H,2,6H2,1H3. The third kappa shape index (κ3) is 2.78. The SMILES string of the molecule is CCNCc1cc([N+](=O)[O-])ccc1Br. The monoisotopic (exact) mass is 258 g/mol. The van der Waals surface area contributed by atoms with Crippen molar-refractivity contribution in [3.8, 4) is 0 Å². The minimum Gasteiger partial charge on any atom is -0.313 e. The smallest absolute Gasteiger partial charge is 0.269 e. The van der Waals surface area contributed by atoms with E-state index in [9.17, 15) is 10.1 Å². The molecule has 76 valence electrons. The van der Waals surface area contributed by atoms with Gasteiger partial charge in [0.1, 0.15) is 0 Å². The molecular weight excluding hydrogens is 248 g/mol. The van der Waals surface area contributed by atoms with E-state index in [0.29, 0.717) is 6.54 Å². The molecule has 0 heterocycles. The first kappa shape index (κ1) is 11.1. The average molecular weight is 259 g/mol. The average Bonchev–Trinajstić information content (AvgIpc) is 2.16. The Morgan fingerprint density at radius 1 is 1.57 bits per heavy atom. The second-order valence-electron chi connectivity index (χ2n) is 2.81. The first-order chi connectivity index (χ1) is 6.65. The van der Waals surface area contributed by atoms with Crippen LogP contribution in [0.4, 0.5) is 5.69 Å². The molecule has 0 aliphatic heterocycles. The number of nitro groups is 1. The zero-order valence-electron chi connectivity index (χ0n) is 7.79. The summed E-state index contributed by atoms with van der Waals surface area (Å²) in [7, 11) is 0. The number of nitro benzene ring substituents is 1. The number of benzene rings is 1. The molecule has 0 radical (unpaired) electrons. The van der Waals surface area contributed by atoms with Gasteiger partial charge in [-0.15, -0.1) is 0 Å². The van der Waals surface area contributed by atoms with Crippen molar-refractivity contribution in [3.63, 3.8) is 0 Å². The second-order valence-corrected chi connectivity index (χ2v) is 3.67. The van der Waals surface area contributed by atoms with Gasteiger partial charge in [0.05, 0.1) is 4.92 Å². The minimum atomic E-state index is -0.387. The lowest BCUT2D eigenvalue weighted by atomic mass is 10.2. The summed E-state index contributed by atoms with van der Waals surface area (Å²) in [6, 6.07) is 4.76. The summed E-state index contributed by atoms with van der Waals surface area (Å²) in [6.07, 6.45) is 0. The molecule has 0 bridgehead atoms. The summed E-state index contributed by atoms with van der Waals surface area (Å²) < 4.78 is 0.893. The third-order valence-electron chi connectivity index (χ3n) is 1.81. The molecular formula is C9H11BrN2O2. The zero-order chi connectivity index (χ0) is 10.6. The van der Waals surface area contributed by atoms with Crippen molar-refractivity contribution in [1.29, 1.82) is 0 Å². The second kappa shape index (κ2) is 5.07. The van der Waals surface area contributed by atoms with Crippen LogP contribution in [-0.2, 0) is 6.54 Å². The van der Waals surface area contributed by atoms with Crippen LogP contribution < -0.4 is 5.32 Å². The number of hydrogen-bond donors (Lipinski definition) is 1. The highest BCUT2D eigenvalue weighted by molar-refractivity contribution is 9.10. The zero-order valence-corrected chi connectivity index (χ0v) is 9.37. The Balaban J connectivity index is 2.90. The molecule has 0 aliphatic rings. The highest BCUT2D eigenvalue weighted by atomic mass is 79.9. The van der Waals surface area contributed by atoms with Gasteiger partial charge in [-0.1, -0.05) is 22.9 Å². The van der Waals surface area contributed by atoms with Gasteiger partial charge in [0.25, 0.3) is 5.69 Å². The Hall–Kier alpha value is -0.940. The molecule has 0 spiro atoms. The molecule has 4 nitrogen and oxygen atoms in total. The quantitative estimate of drug-likeness (QED) is 0.667. The van der Waals surface area contributed by atoms with E-state index in [-0.39, 0.29) is 10.6 Å². The summed E-state index contributed by atoms with van der Waals surface area (Å²) in [5.74, 6) is 0. The molecule has 1 aromatic carbocycles. The van der Waals surface area contributed by atoms with E-state index in [1.807, 2.05) is 6.92 Å². The van der Waals surface area contributed by atoms with Crippen molar-refractivity contribution in [3.05, 3.63) is 38.3 Å². The van der Waals surface area contributed by atoms with Crippen LogP contribution in [0.1, 0.15) is 12.5 Å². The van der Waals surface area contributed by atoms with Crippen LogP contribution in [0.2, 0.25) is 0 Å². The number of nitrogens with zero attached hydrogens (tertiary/aromatic N) is 1. The van der Waals surface area contributed by atoms with Crippen LogP contribution in [0.25, 0.3) is 0 Å². The molecule has 0 atom stereocenters. The normalized spacial score (nSPS) is 10.1. The highest BCUT2D eigenvalue weighted by Crippen LogP contribution is 2.22. The van der Waals surface area contributed by atoms with Crippen LogP contribution in [0.15, 0.2) is 22.7 Å². The van der Waals surface area contributed by atoms with E-state index in [1.54, 1.807) is 12.1 Å². The van der Waals surface area contributed by atoms with Gasteiger partial charge in [-0.2, -0.15) is 0 Å². The van der Waals surface area contributed by atoms with Crippen LogP contribution in [0, 0.1) is 10.1 Å². The van der Waals surface area contributed by atoms with Gasteiger partial charge in [0.2, 0.25) is 0 Å². The maximum Gasteiger partial charge on any atom is 0.269 e. The summed E-state index contributed by atoms with van der Waals surface area (Å²) in [6.45, 7) is 3.47. The lowest BCUT2D eigenvalue weighted by Gasteiger charge is -2.04. The first-order valence-corrected chi connectivity index (χ1v) is 5.08. The van der Waals surface area contributed by atoms with E-state index < -0.39 is 0 Å². The van der Waals surface area contributed by atoms with Crippen molar-refractivity contribution in [1.82, 2.24) is 5.32 Å². The predicted octanol–water partition coefficient (Wildman–Crippen LogP) is 2.47. The molecule has 14 heavy (non-hydrogen) atoms. The number of halogens is 1. The van der Waals surface area contributed by atoms with Gasteiger partial charge in [-0.25, -0.2) is 0 Å². The van der Waals surface area contributed by atoms with E-state index >= 15 is 0 Å². The maximum absolute atomic E-state index is 10.5. The van der Waals surface area contributed by atoms with Crippen molar-refractivity contribution in [2.75, 3.05) is 6.54 Å². The van der Waals surface area contributed by atoms with Gasteiger partial charge in [0.15, 0.2) is 0 Å². The van der Waals surface area contributed by atoms with Crippen molar-refractivity contribution in [2.24, 2.45) is 0 Å². The molecule has 0 amide bonds. The molecule has 1 aromatic rings. The molecule has 0 unspecified atom stereocenters. The Kier molecular flexibility index (Phi) is 4.03. The largest absolute Gasteiger partial charge is 0.313 e. The first-order valence-electron chi connectivity index (χ1n) is 4.28. The molecule has 0 saturated heterocycles. The Bertz CT molecular complexity index is 342. The van der Waals surface area contributed by atoms with Crippen molar-refractivity contribution in [2.45, 2.75) is 13.5 Å². The van der Waals surface area contributed by atoms with Crippen LogP contribution in [0.3, 0.4) is 0 Å². The lowest BCUT2D eigenvalue weighted by molar-refractivity contribution is -0.384. The summed E-state index contributed by atoms with van der Waals surface area (Å²) in [5.41, 5.74) is 1.03. The molecule has 0 fully saturated rings. The Morgan fingerprint density at radius 3 is 2.86 bits per heavy atom. The topological polar surface area (TPSA) is 55.2 Å². The van der Waals surface area contributed by atoms with E-state index in [2.05, 4.69) is 21.2 Å². The predicted molar refractivity (Wildman–Crippen MR) is 58.2 cm³/mol. The Labute approximate surface area is 90.6 Å². The fourth-order valence-electron chi connectivity index (χ4n) is 1.07. The molecule has 0 aliphatic carbocycles. The minimum absolute atomic E-state index is 0.126. The summed E-state index contributed by atoms with van der Waals surface area (Å²) in [5, 5.41) is 13.6. The van der Waals surface area contributed by atoms with Crippen LogP contribution in [0.5, 0.6) is 0 Å². The fourth-order valence-corrected chi connectivity index (χ4v) is 1.46. The van der Waals surface area contributed by atoms with Gasteiger partial charge >= 0.3 is 0 Å². The number of nitrogens with one attached hydrogen (secondary N) is 1. The molecule has 1 rings (SSSR count). The van der Waals surface area contributed by atoms with E-state index in [0.717, 1.165) is 16.6 Å². The molecule has 1 N–H and O–H groups in total. The van der Waals surface area contributed by atoms with Crippen molar-refractivity contribution < 1.29 is 4.92 Å². The maximum atomic E-state index is 10.5. The third-order valence-corrected chi connectivity index (χ3v) is 2.58. The summed E-state index contributed by atoms with van der Waals surface area (Å²) >= 11 is 3.35. The van der Waals surface area contributed by atoms with Crippen LogP contribution >= 0.6 is 15.9 Å². The van der Waals surface area contributed by atoms with Gasteiger partial charge in [-0.05, 0) is 18.2 Å². The fraction of sp³-hybridized carbons (Fsp3) is 0.333. The van der Waals surface area contributed by atoms with Gasteiger partial charge in [0, 0.05) is 23.2 Å². The van der Waals surface area contributed by atoms with Gasteiger partial charge in [-0.3, -0.25) is 10.1 Å². The lowest BCUT2D eigenvalue weighted by Crippen LogP contribution is -2.12. The van der Waals surface area contributed by atoms with E-state index in [4.69, 9.17) is 0 Å².